The fraction of sp³-hybridized carbons (Fsp3) is 0.379. The third kappa shape index (κ3) is 5.43. The number of nitrogens with zero attached hydrogens (tertiary/aromatic N) is 6. The summed E-state index contributed by atoms with van der Waals surface area (Å²) < 4.78 is 15.3. The van der Waals surface area contributed by atoms with Gasteiger partial charge in [-0.1, -0.05) is 6.42 Å². The molecular weight excluding hydrogens is 492 g/mol. The maximum atomic E-state index is 6.21. The largest absolute Gasteiger partial charge is 0.457 e. The second-order valence-electron chi connectivity index (χ2n) is 10.4. The van der Waals surface area contributed by atoms with E-state index in [1.54, 1.807) is 18.0 Å². The van der Waals surface area contributed by atoms with Crippen molar-refractivity contribution in [3.63, 3.8) is 0 Å². The van der Waals surface area contributed by atoms with Crippen LogP contribution in [0.15, 0.2) is 61.4 Å². The molecule has 4 aromatic heterocycles. The Morgan fingerprint density at radius 2 is 1.87 bits per heavy atom. The minimum atomic E-state index is 0.167. The molecule has 1 aliphatic carbocycles. The molecule has 1 saturated carbocycles. The Balaban J connectivity index is 1.14. The third-order valence-corrected chi connectivity index (χ3v) is 7.77. The lowest BCUT2D eigenvalue weighted by atomic mass is 9.81. The first kappa shape index (κ1) is 25.3. The van der Waals surface area contributed by atoms with Crippen LogP contribution in [0.2, 0.25) is 0 Å². The zero-order chi connectivity index (χ0) is 26.8. The maximum Gasteiger partial charge on any atom is 0.158 e. The van der Waals surface area contributed by atoms with Crippen molar-refractivity contribution in [3.8, 4) is 11.5 Å². The van der Waals surface area contributed by atoms with Gasteiger partial charge in [0.15, 0.2) is 11.5 Å². The molecule has 1 aliphatic rings. The number of nitrogens with one attached hydrogen (secondary N) is 1. The summed E-state index contributed by atoms with van der Waals surface area (Å²) >= 11 is 0. The highest BCUT2D eigenvalue weighted by Crippen LogP contribution is 2.32. The highest BCUT2D eigenvalue weighted by Gasteiger charge is 2.27. The van der Waals surface area contributed by atoms with Gasteiger partial charge in [0, 0.05) is 37.3 Å². The first-order valence-electron chi connectivity index (χ1n) is 13.5. The number of hydrogen-bond donors (Lipinski definition) is 2. The van der Waals surface area contributed by atoms with Gasteiger partial charge in [-0.15, -0.1) is 0 Å². The summed E-state index contributed by atoms with van der Waals surface area (Å²) in [4.78, 5) is 8.81. The van der Waals surface area contributed by atoms with Crippen LogP contribution in [-0.4, -0.2) is 48.5 Å². The van der Waals surface area contributed by atoms with E-state index in [2.05, 4.69) is 37.6 Å². The Hall–Kier alpha value is -4.02. The smallest absolute Gasteiger partial charge is 0.158 e. The Labute approximate surface area is 227 Å². The average molecular weight is 527 g/mol. The number of benzene rings is 1. The molecule has 1 fully saturated rings. The van der Waals surface area contributed by atoms with Crippen molar-refractivity contribution in [1.29, 1.82) is 0 Å². The van der Waals surface area contributed by atoms with E-state index in [4.69, 9.17) is 15.2 Å². The molecule has 202 valence electrons. The van der Waals surface area contributed by atoms with Gasteiger partial charge in [-0.3, -0.25) is 0 Å². The number of aryl methyl sites for hydroxylation is 2. The summed E-state index contributed by atoms with van der Waals surface area (Å²) in [6.07, 6.45) is 13.7. The molecule has 0 spiro atoms. The summed E-state index contributed by atoms with van der Waals surface area (Å²) in [5.74, 6) is 2.95. The van der Waals surface area contributed by atoms with E-state index in [-0.39, 0.29) is 12.1 Å². The number of fused-ring (bicyclic) bond motifs is 2. The van der Waals surface area contributed by atoms with E-state index in [1.165, 1.54) is 24.7 Å². The highest BCUT2D eigenvalue weighted by atomic mass is 16.5. The topological polar surface area (TPSA) is 117 Å². The van der Waals surface area contributed by atoms with Gasteiger partial charge in [0.25, 0.3) is 0 Å². The molecule has 39 heavy (non-hydrogen) atoms. The van der Waals surface area contributed by atoms with E-state index in [1.807, 2.05) is 48.1 Å². The molecule has 3 atom stereocenters. The molecule has 1 aromatic carbocycles. The number of nitrogens with two attached hydrogens (primary N) is 1. The Bertz CT molecular complexity index is 1580. The van der Waals surface area contributed by atoms with Crippen molar-refractivity contribution in [2.75, 3.05) is 12.4 Å². The van der Waals surface area contributed by atoms with Crippen LogP contribution in [0.4, 0.5) is 11.5 Å². The number of aromatic nitrogens is 6. The van der Waals surface area contributed by atoms with Crippen LogP contribution in [0, 0.1) is 12.8 Å². The number of ether oxygens (including phenoxy) is 2. The lowest BCUT2D eigenvalue weighted by Crippen LogP contribution is -2.41. The number of methoxy groups -OCH3 is 1. The predicted molar refractivity (Wildman–Crippen MR) is 150 cm³/mol. The van der Waals surface area contributed by atoms with Crippen molar-refractivity contribution < 1.29 is 9.47 Å². The van der Waals surface area contributed by atoms with E-state index >= 15 is 0 Å². The van der Waals surface area contributed by atoms with Gasteiger partial charge in [-0.25, -0.2) is 19.0 Å². The zero-order valence-electron chi connectivity index (χ0n) is 22.3. The molecule has 6 rings (SSSR count). The molecular formula is C29H34N8O2. The zero-order valence-corrected chi connectivity index (χ0v) is 22.3. The summed E-state index contributed by atoms with van der Waals surface area (Å²) in [5.41, 5.74) is 11.1. The molecule has 3 N–H and O–H groups in total. The molecule has 1 unspecified atom stereocenters. The maximum absolute atomic E-state index is 6.21. The van der Waals surface area contributed by atoms with Crippen LogP contribution in [0.1, 0.15) is 43.2 Å². The van der Waals surface area contributed by atoms with Crippen LogP contribution in [0.5, 0.6) is 11.5 Å². The van der Waals surface area contributed by atoms with Gasteiger partial charge in [0.2, 0.25) is 0 Å². The van der Waals surface area contributed by atoms with Gasteiger partial charge < -0.3 is 20.5 Å². The van der Waals surface area contributed by atoms with Crippen LogP contribution in [0.25, 0.3) is 11.2 Å². The third-order valence-electron chi connectivity index (χ3n) is 7.77. The molecule has 5 aromatic rings. The second-order valence-corrected chi connectivity index (χ2v) is 10.4. The normalized spacial score (nSPS) is 19.5. The fourth-order valence-electron chi connectivity index (χ4n) is 5.63. The number of hydrogen-bond acceptors (Lipinski definition) is 8. The van der Waals surface area contributed by atoms with E-state index < -0.39 is 0 Å². The minimum Gasteiger partial charge on any atom is -0.457 e. The first-order chi connectivity index (χ1) is 19.1. The van der Waals surface area contributed by atoms with E-state index in [0.717, 1.165) is 59.7 Å². The monoisotopic (exact) mass is 526 g/mol. The van der Waals surface area contributed by atoms with E-state index in [0.29, 0.717) is 11.7 Å². The van der Waals surface area contributed by atoms with Gasteiger partial charge in [0.05, 0.1) is 6.10 Å². The number of pyridine rings is 1. The lowest BCUT2D eigenvalue weighted by molar-refractivity contribution is 0.0328. The highest BCUT2D eigenvalue weighted by molar-refractivity contribution is 5.76. The Kier molecular flexibility index (Phi) is 7.12. The predicted octanol–water partition coefficient (Wildman–Crippen LogP) is 5.08. The van der Waals surface area contributed by atoms with Gasteiger partial charge in [0.1, 0.15) is 29.7 Å². The van der Waals surface area contributed by atoms with Crippen molar-refractivity contribution >= 4 is 22.7 Å². The lowest BCUT2D eigenvalue weighted by Gasteiger charge is -2.33. The fourth-order valence-corrected chi connectivity index (χ4v) is 5.63. The molecule has 0 bridgehead atoms. The molecule has 4 heterocycles. The molecule has 10 nitrogen and oxygen atoms in total. The van der Waals surface area contributed by atoms with Crippen molar-refractivity contribution in [1.82, 2.24) is 29.2 Å². The van der Waals surface area contributed by atoms with Gasteiger partial charge in [-0.05, 0) is 86.4 Å². The van der Waals surface area contributed by atoms with Gasteiger partial charge >= 0.3 is 0 Å². The molecule has 0 amide bonds. The van der Waals surface area contributed by atoms with Crippen LogP contribution in [-0.2, 0) is 11.2 Å². The summed E-state index contributed by atoms with van der Waals surface area (Å²) in [6, 6.07) is 12.1. The summed E-state index contributed by atoms with van der Waals surface area (Å²) in [7, 11) is 1.77. The number of anilines is 2. The molecule has 0 radical (unpaired) electrons. The Morgan fingerprint density at radius 1 is 1.03 bits per heavy atom. The van der Waals surface area contributed by atoms with Crippen molar-refractivity contribution in [2.24, 2.45) is 11.7 Å². The molecule has 0 saturated heterocycles. The minimum absolute atomic E-state index is 0.167. The van der Waals surface area contributed by atoms with Crippen LogP contribution >= 0.6 is 0 Å². The summed E-state index contributed by atoms with van der Waals surface area (Å²) in [5, 5.41) is 12.1. The SMILES string of the molecule is CO[C@H]1CC(CCCc2ccn3ncnc(Nc4ccc(Oc5ccn6ncnc6c5)c(C)c4)c23)CC[C@@H]1N. The standard InChI is InChI=1S/C29H34N8O2/c1-19-14-22(7-9-25(19)39-23-11-13-36-27(16-23)31-17-33-36)35-29-28-21(10-12-37(28)34-18-32-29)5-3-4-20-6-8-24(30)26(15-20)38-2/h7,9-14,16-18,20,24,26H,3-6,8,15,30H2,1-2H3,(H,32,34,35)/t20?,24-,26-/m0/s1. The van der Waals surface area contributed by atoms with E-state index in [9.17, 15) is 0 Å². The first-order valence-corrected chi connectivity index (χ1v) is 13.5. The molecule has 0 aliphatic heterocycles. The van der Waals surface area contributed by atoms with Crippen LogP contribution < -0.4 is 15.8 Å². The average Bonchev–Trinajstić information content (AvgIpc) is 3.58. The summed E-state index contributed by atoms with van der Waals surface area (Å²) in [6.45, 7) is 2.03. The second kappa shape index (κ2) is 11.0. The molecule has 10 heteroatoms. The van der Waals surface area contributed by atoms with Crippen LogP contribution in [0.3, 0.4) is 0 Å². The Morgan fingerprint density at radius 3 is 2.74 bits per heavy atom. The van der Waals surface area contributed by atoms with Crippen molar-refractivity contribution in [3.05, 3.63) is 72.6 Å². The van der Waals surface area contributed by atoms with Crippen molar-refractivity contribution in [2.45, 2.75) is 57.6 Å². The quantitative estimate of drug-likeness (QED) is 0.273. The van der Waals surface area contributed by atoms with Gasteiger partial charge in [-0.2, -0.15) is 10.2 Å². The number of rotatable bonds is 9.